The highest BCUT2D eigenvalue weighted by Crippen LogP contribution is 2.33. The number of halogens is 3. The van der Waals surface area contributed by atoms with E-state index in [1.807, 2.05) is 6.07 Å². The van der Waals surface area contributed by atoms with Gasteiger partial charge in [-0.25, -0.2) is 0 Å². The summed E-state index contributed by atoms with van der Waals surface area (Å²) in [5, 5.41) is 1.14. The molecule has 3 rings (SSSR count). The van der Waals surface area contributed by atoms with Gasteiger partial charge < -0.3 is 0 Å². The molecule has 0 radical (unpaired) electrons. The molecule has 1 aliphatic carbocycles. The van der Waals surface area contributed by atoms with Gasteiger partial charge in [0.05, 0.1) is 22.2 Å². The molecule has 2 N–H and O–H groups in total. The van der Waals surface area contributed by atoms with Gasteiger partial charge in [0, 0.05) is 5.02 Å². The van der Waals surface area contributed by atoms with Crippen LogP contribution in [0.3, 0.4) is 0 Å². The first-order valence-corrected chi connectivity index (χ1v) is 8.96. The third-order valence-electron chi connectivity index (χ3n) is 4.11. The number of carbonyl (C=O) groups excluding carboxylic acids is 1. The molecule has 0 saturated carbocycles. The Labute approximate surface area is 156 Å². The van der Waals surface area contributed by atoms with E-state index in [1.165, 1.54) is 24.0 Å². The maximum Gasteiger partial charge on any atom is 0.242 e. The second-order valence-corrected chi connectivity index (χ2v) is 7.16. The Morgan fingerprint density at radius 1 is 0.958 bits per heavy atom. The second-order valence-electron chi connectivity index (χ2n) is 5.90. The fourth-order valence-electron chi connectivity index (χ4n) is 2.92. The lowest BCUT2D eigenvalue weighted by molar-refractivity contribution is -0.119. The van der Waals surface area contributed by atoms with Gasteiger partial charge in [0.25, 0.3) is 0 Å². The van der Waals surface area contributed by atoms with Crippen LogP contribution in [0.25, 0.3) is 0 Å². The van der Waals surface area contributed by atoms with Gasteiger partial charge in [-0.1, -0.05) is 53.0 Å². The highest BCUT2D eigenvalue weighted by atomic mass is 35.5. The summed E-state index contributed by atoms with van der Waals surface area (Å²) in [5.74, 6) is -0.159. The fourth-order valence-corrected chi connectivity index (χ4v) is 3.83. The van der Waals surface area contributed by atoms with E-state index < -0.39 is 0 Å². The van der Waals surface area contributed by atoms with E-state index in [1.54, 1.807) is 12.1 Å². The number of hydrazine groups is 1. The maximum atomic E-state index is 12.2. The van der Waals surface area contributed by atoms with E-state index in [-0.39, 0.29) is 5.91 Å². The van der Waals surface area contributed by atoms with Crippen LogP contribution in [0, 0.1) is 0 Å². The molecule has 2 aromatic carbocycles. The van der Waals surface area contributed by atoms with Gasteiger partial charge in [-0.2, -0.15) is 0 Å². The summed E-state index contributed by atoms with van der Waals surface area (Å²) < 4.78 is 0. The lowest BCUT2D eigenvalue weighted by Crippen LogP contribution is -2.31. The van der Waals surface area contributed by atoms with Crippen molar-refractivity contribution < 1.29 is 4.79 Å². The Bertz CT molecular complexity index is 754. The molecular weight excluding hydrogens is 367 g/mol. The molecule has 1 amide bonds. The predicted molar refractivity (Wildman–Crippen MR) is 100 cm³/mol. The molecule has 0 bridgehead atoms. The number of fused-ring (bicyclic) bond motifs is 1. The number of anilines is 1. The molecule has 1 aliphatic rings. The smallest absolute Gasteiger partial charge is 0.242 e. The maximum absolute atomic E-state index is 12.2. The van der Waals surface area contributed by atoms with Gasteiger partial charge in [0.1, 0.15) is 0 Å². The molecule has 6 heteroatoms. The first-order valence-electron chi connectivity index (χ1n) is 7.83. The number of rotatable bonds is 4. The summed E-state index contributed by atoms with van der Waals surface area (Å²) in [6.07, 6.45) is 5.00. The molecule has 126 valence electrons. The molecule has 0 saturated heterocycles. The van der Waals surface area contributed by atoms with Crippen LogP contribution < -0.4 is 10.9 Å². The first kappa shape index (κ1) is 17.4. The minimum Gasteiger partial charge on any atom is -0.296 e. The Balaban J connectivity index is 1.62. The Morgan fingerprint density at radius 3 is 2.33 bits per heavy atom. The number of amides is 1. The van der Waals surface area contributed by atoms with E-state index in [9.17, 15) is 4.79 Å². The third-order valence-corrected chi connectivity index (χ3v) is 4.93. The normalized spacial score (nSPS) is 13.3. The molecule has 0 spiro atoms. The molecule has 0 atom stereocenters. The third kappa shape index (κ3) is 4.15. The molecular formula is C18H17Cl3N2O. The van der Waals surface area contributed by atoms with E-state index >= 15 is 0 Å². The van der Waals surface area contributed by atoms with Gasteiger partial charge >= 0.3 is 0 Å². The number of benzene rings is 2. The topological polar surface area (TPSA) is 41.1 Å². The fraction of sp³-hybridized carbons (Fsp3) is 0.278. The Kier molecular flexibility index (Phi) is 5.54. The van der Waals surface area contributed by atoms with Crippen molar-refractivity contribution in [3.8, 4) is 0 Å². The van der Waals surface area contributed by atoms with E-state index in [4.69, 9.17) is 34.8 Å². The Morgan fingerprint density at radius 2 is 1.62 bits per heavy atom. The van der Waals surface area contributed by atoms with Crippen molar-refractivity contribution in [2.24, 2.45) is 0 Å². The highest BCUT2D eigenvalue weighted by molar-refractivity contribution is 6.41. The molecule has 0 aliphatic heterocycles. The number of hydrogen-bond acceptors (Lipinski definition) is 2. The summed E-state index contributed by atoms with van der Waals surface area (Å²) in [6.45, 7) is 0. The summed E-state index contributed by atoms with van der Waals surface area (Å²) in [5.41, 5.74) is 9.60. The Hall–Kier alpha value is -1.42. The summed E-state index contributed by atoms with van der Waals surface area (Å²) in [6, 6.07) is 9.42. The number of carbonyl (C=O) groups is 1. The zero-order valence-corrected chi connectivity index (χ0v) is 15.2. The zero-order valence-electron chi connectivity index (χ0n) is 13.0. The van der Waals surface area contributed by atoms with Crippen LogP contribution in [0.2, 0.25) is 15.1 Å². The number of nitrogens with one attached hydrogen (secondary N) is 2. The van der Waals surface area contributed by atoms with Crippen LogP contribution in [-0.2, 0) is 24.1 Å². The van der Waals surface area contributed by atoms with Crippen LogP contribution in [0.1, 0.15) is 29.5 Å². The van der Waals surface area contributed by atoms with Crippen LogP contribution in [0.5, 0.6) is 0 Å². The van der Waals surface area contributed by atoms with Crippen LogP contribution in [0.4, 0.5) is 5.69 Å². The zero-order chi connectivity index (χ0) is 17.1. The van der Waals surface area contributed by atoms with Gasteiger partial charge in [0.15, 0.2) is 0 Å². The van der Waals surface area contributed by atoms with E-state index in [0.29, 0.717) is 27.2 Å². The number of aryl methyl sites for hydroxylation is 2. The molecule has 3 nitrogen and oxygen atoms in total. The average molecular weight is 384 g/mol. The SMILES string of the molecule is O=C(Cc1ccc2c(c1)CCCC2)NNc1c(Cl)cc(Cl)cc1Cl. The minimum atomic E-state index is -0.159. The van der Waals surface area contributed by atoms with Crippen molar-refractivity contribution in [1.82, 2.24) is 5.43 Å². The predicted octanol–water partition coefficient (Wildman–Crippen LogP) is 5.21. The summed E-state index contributed by atoms with van der Waals surface area (Å²) >= 11 is 18.0. The summed E-state index contributed by atoms with van der Waals surface area (Å²) in [7, 11) is 0. The van der Waals surface area contributed by atoms with Crippen LogP contribution in [0.15, 0.2) is 30.3 Å². The van der Waals surface area contributed by atoms with E-state index in [2.05, 4.69) is 23.0 Å². The molecule has 0 heterocycles. The molecule has 0 unspecified atom stereocenters. The monoisotopic (exact) mass is 382 g/mol. The second kappa shape index (κ2) is 7.64. The average Bonchev–Trinajstić information content (AvgIpc) is 2.53. The standard InChI is InChI=1S/C18H17Cl3N2O/c19-14-9-15(20)18(16(21)10-14)23-22-17(24)8-11-5-6-12-3-1-2-4-13(12)7-11/h5-7,9-10,23H,1-4,8H2,(H,22,24). The van der Waals surface area contributed by atoms with Crippen molar-refractivity contribution in [3.05, 3.63) is 62.1 Å². The van der Waals surface area contributed by atoms with Crippen molar-refractivity contribution in [2.75, 3.05) is 5.43 Å². The van der Waals surface area contributed by atoms with Gasteiger partial charge in [-0.15, -0.1) is 0 Å². The van der Waals surface area contributed by atoms with E-state index in [0.717, 1.165) is 18.4 Å². The van der Waals surface area contributed by atoms with Crippen molar-refractivity contribution in [3.63, 3.8) is 0 Å². The van der Waals surface area contributed by atoms with Gasteiger partial charge in [0.2, 0.25) is 5.91 Å². The number of hydrogen-bond donors (Lipinski definition) is 2. The van der Waals surface area contributed by atoms with Crippen molar-refractivity contribution in [2.45, 2.75) is 32.1 Å². The van der Waals surface area contributed by atoms with Crippen LogP contribution >= 0.6 is 34.8 Å². The largest absolute Gasteiger partial charge is 0.296 e. The quantitative estimate of drug-likeness (QED) is 0.711. The van der Waals surface area contributed by atoms with Gasteiger partial charge in [-0.05, 0) is 54.5 Å². The minimum absolute atomic E-state index is 0.159. The lowest BCUT2D eigenvalue weighted by Gasteiger charge is -2.17. The van der Waals surface area contributed by atoms with Crippen molar-refractivity contribution in [1.29, 1.82) is 0 Å². The molecule has 2 aromatic rings. The first-order chi connectivity index (χ1) is 11.5. The van der Waals surface area contributed by atoms with Gasteiger partial charge in [-0.3, -0.25) is 15.6 Å². The molecule has 0 aromatic heterocycles. The van der Waals surface area contributed by atoms with Crippen LogP contribution in [-0.4, -0.2) is 5.91 Å². The molecule has 0 fully saturated rings. The summed E-state index contributed by atoms with van der Waals surface area (Å²) in [4.78, 5) is 12.2. The molecule has 24 heavy (non-hydrogen) atoms. The van der Waals surface area contributed by atoms with Crippen molar-refractivity contribution >= 4 is 46.4 Å². The lowest BCUT2D eigenvalue weighted by atomic mass is 9.90. The highest BCUT2D eigenvalue weighted by Gasteiger charge is 2.12.